The first-order valence-electron chi connectivity index (χ1n) is 14.2. The summed E-state index contributed by atoms with van der Waals surface area (Å²) in [5.41, 5.74) is 4.28. The Kier molecular flexibility index (Phi) is 8.34. The zero-order valence-corrected chi connectivity index (χ0v) is 25.9. The minimum absolute atomic E-state index is 0.113. The van der Waals surface area contributed by atoms with Crippen molar-refractivity contribution in [2.75, 3.05) is 4.72 Å². The van der Waals surface area contributed by atoms with E-state index in [1.807, 2.05) is 72.8 Å². The minimum atomic E-state index is -3.90. The topological polar surface area (TPSA) is 118 Å². The fourth-order valence-corrected chi connectivity index (χ4v) is 6.35. The number of aliphatic carboxylic acids is 1. The molecule has 3 N–H and O–H groups in total. The van der Waals surface area contributed by atoms with Crippen molar-refractivity contribution in [1.82, 2.24) is 9.88 Å². The number of benzene rings is 4. The molecule has 1 amide bonds. The highest BCUT2D eigenvalue weighted by Gasteiger charge is 2.28. The monoisotopic (exact) mass is 609 g/mol. The summed E-state index contributed by atoms with van der Waals surface area (Å²) < 4.78 is 31.1. The van der Waals surface area contributed by atoms with Crippen LogP contribution in [0.15, 0.2) is 108 Å². The summed E-state index contributed by atoms with van der Waals surface area (Å²) in [5, 5.41) is 13.3. The van der Waals surface area contributed by atoms with E-state index in [1.54, 1.807) is 41.9 Å². The molecule has 226 valence electrons. The van der Waals surface area contributed by atoms with Gasteiger partial charge in [0.25, 0.3) is 15.9 Å². The number of aryl methyl sites for hydroxylation is 1. The fourth-order valence-electron chi connectivity index (χ4n) is 5.30. The van der Waals surface area contributed by atoms with Crippen molar-refractivity contribution in [2.45, 2.75) is 43.5 Å². The molecule has 8 nitrogen and oxygen atoms in total. The Bertz CT molecular complexity index is 1930. The van der Waals surface area contributed by atoms with Crippen LogP contribution in [0.1, 0.15) is 42.4 Å². The van der Waals surface area contributed by atoms with Gasteiger partial charge in [0.1, 0.15) is 11.7 Å². The molecule has 9 heteroatoms. The van der Waals surface area contributed by atoms with Gasteiger partial charge in [-0.15, -0.1) is 0 Å². The quantitative estimate of drug-likeness (QED) is 0.180. The van der Waals surface area contributed by atoms with Crippen molar-refractivity contribution in [1.29, 1.82) is 0 Å². The molecule has 0 saturated heterocycles. The number of amides is 1. The maximum Gasteiger partial charge on any atom is 0.326 e. The average molecular weight is 610 g/mol. The maximum absolute atomic E-state index is 13.8. The highest BCUT2D eigenvalue weighted by Crippen LogP contribution is 2.36. The predicted molar refractivity (Wildman–Crippen MR) is 173 cm³/mol. The molecule has 1 aromatic heterocycles. The standard InChI is InChI=1S/C35H35N3O5S/c1-35(2,3)25-15-18-27(19-16-25)44(42,43)37-26-17-20-30-28(22-26)31(24-13-9-6-10-14-24)32(38(30)4)33(39)36-29(34(40)41)21-23-11-7-5-8-12-23/h5-20,22,29,37H,21H2,1-4H3,(H,36,39)(H,40,41)/t29-/m0/s1. The average Bonchev–Trinajstić information content (AvgIpc) is 3.28. The molecule has 0 spiro atoms. The van der Waals surface area contributed by atoms with Gasteiger partial charge >= 0.3 is 5.97 Å². The molecular weight excluding hydrogens is 574 g/mol. The van der Waals surface area contributed by atoms with Gasteiger partial charge in [0.15, 0.2) is 0 Å². The molecule has 0 fully saturated rings. The molecule has 0 bridgehead atoms. The van der Waals surface area contributed by atoms with Crippen LogP contribution >= 0.6 is 0 Å². The van der Waals surface area contributed by atoms with Gasteiger partial charge in [0, 0.05) is 35.6 Å². The third-order valence-corrected chi connectivity index (χ3v) is 9.04. The Hall–Kier alpha value is -4.89. The van der Waals surface area contributed by atoms with Gasteiger partial charge in [0.05, 0.1) is 4.90 Å². The number of hydrogen-bond donors (Lipinski definition) is 3. The SMILES string of the molecule is Cn1c(C(=O)N[C@@H](Cc2ccccc2)C(=O)O)c(-c2ccccc2)c2cc(NS(=O)(=O)c3ccc(C(C)(C)C)cc3)ccc21. The van der Waals surface area contributed by atoms with E-state index < -0.39 is 27.9 Å². The molecule has 44 heavy (non-hydrogen) atoms. The number of carboxylic acids is 1. The van der Waals surface area contributed by atoms with E-state index >= 15 is 0 Å². The van der Waals surface area contributed by atoms with Gasteiger partial charge in [-0.3, -0.25) is 9.52 Å². The summed E-state index contributed by atoms with van der Waals surface area (Å²) in [6.45, 7) is 6.19. The van der Waals surface area contributed by atoms with E-state index in [0.717, 1.165) is 16.7 Å². The van der Waals surface area contributed by atoms with Gasteiger partial charge in [-0.1, -0.05) is 93.6 Å². The first-order chi connectivity index (χ1) is 20.8. The molecule has 0 aliphatic carbocycles. The van der Waals surface area contributed by atoms with Crippen LogP contribution in [0.25, 0.3) is 22.0 Å². The Morgan fingerprint density at radius 1 is 0.864 bits per heavy atom. The van der Waals surface area contributed by atoms with E-state index in [9.17, 15) is 23.1 Å². The third-order valence-electron chi connectivity index (χ3n) is 7.65. The Morgan fingerprint density at radius 3 is 2.07 bits per heavy atom. The number of nitrogens with zero attached hydrogens (tertiary/aromatic N) is 1. The molecule has 0 aliphatic rings. The second-order valence-electron chi connectivity index (χ2n) is 11.8. The van der Waals surface area contributed by atoms with Gasteiger partial charge < -0.3 is 15.0 Å². The number of carbonyl (C=O) groups excluding carboxylic acids is 1. The van der Waals surface area contributed by atoms with Gasteiger partial charge in [-0.25, -0.2) is 13.2 Å². The van der Waals surface area contributed by atoms with Crippen LogP contribution in [-0.2, 0) is 33.7 Å². The molecule has 0 saturated carbocycles. The lowest BCUT2D eigenvalue weighted by atomic mass is 9.87. The Balaban J connectivity index is 1.54. The number of aromatic nitrogens is 1. The number of nitrogens with one attached hydrogen (secondary N) is 2. The molecule has 0 radical (unpaired) electrons. The summed E-state index contributed by atoms with van der Waals surface area (Å²) in [5.74, 6) is -1.69. The molecule has 0 aliphatic heterocycles. The fraction of sp³-hybridized carbons (Fsp3) is 0.200. The van der Waals surface area contributed by atoms with Crippen molar-refractivity contribution < 1.29 is 23.1 Å². The van der Waals surface area contributed by atoms with Crippen molar-refractivity contribution in [3.8, 4) is 11.1 Å². The van der Waals surface area contributed by atoms with Crippen molar-refractivity contribution in [2.24, 2.45) is 7.05 Å². The number of carboxylic acid groups (broad SMARTS) is 1. The zero-order chi connectivity index (χ0) is 31.6. The Morgan fingerprint density at radius 2 is 1.48 bits per heavy atom. The molecule has 5 rings (SSSR count). The third kappa shape index (κ3) is 6.38. The molecule has 4 aromatic carbocycles. The maximum atomic E-state index is 13.8. The highest BCUT2D eigenvalue weighted by atomic mass is 32.2. The number of rotatable bonds is 9. The zero-order valence-electron chi connectivity index (χ0n) is 25.0. The van der Waals surface area contributed by atoms with E-state index in [0.29, 0.717) is 22.2 Å². The highest BCUT2D eigenvalue weighted by molar-refractivity contribution is 7.92. The minimum Gasteiger partial charge on any atom is -0.480 e. The van der Waals surface area contributed by atoms with Crippen LogP contribution in [0.4, 0.5) is 5.69 Å². The molecule has 5 aromatic rings. The molecule has 1 heterocycles. The Labute approximate surface area is 257 Å². The molecule has 0 unspecified atom stereocenters. The summed E-state index contributed by atoms with van der Waals surface area (Å²) in [7, 11) is -2.16. The van der Waals surface area contributed by atoms with Gasteiger partial charge in [-0.05, 0) is 52.4 Å². The lowest BCUT2D eigenvalue weighted by Gasteiger charge is -2.19. The van der Waals surface area contributed by atoms with Crippen LogP contribution in [0.3, 0.4) is 0 Å². The number of anilines is 1. The summed E-state index contributed by atoms with van der Waals surface area (Å²) in [6, 6.07) is 29.1. The predicted octanol–water partition coefficient (Wildman–Crippen LogP) is 6.37. The van der Waals surface area contributed by atoms with Crippen LogP contribution in [0.2, 0.25) is 0 Å². The summed E-state index contributed by atoms with van der Waals surface area (Å²) in [6.07, 6.45) is 0.120. The first-order valence-corrected chi connectivity index (χ1v) is 15.7. The van der Waals surface area contributed by atoms with E-state index in [2.05, 4.69) is 30.8 Å². The van der Waals surface area contributed by atoms with E-state index in [1.165, 1.54) is 0 Å². The van der Waals surface area contributed by atoms with Gasteiger partial charge in [0.2, 0.25) is 0 Å². The van der Waals surface area contributed by atoms with Crippen LogP contribution < -0.4 is 10.0 Å². The van der Waals surface area contributed by atoms with Crippen molar-refractivity contribution in [3.63, 3.8) is 0 Å². The summed E-state index contributed by atoms with van der Waals surface area (Å²) in [4.78, 5) is 26.1. The summed E-state index contributed by atoms with van der Waals surface area (Å²) >= 11 is 0. The van der Waals surface area contributed by atoms with E-state index in [-0.39, 0.29) is 22.4 Å². The van der Waals surface area contributed by atoms with Crippen LogP contribution in [-0.4, -0.2) is 36.0 Å². The molecule has 1 atom stereocenters. The van der Waals surface area contributed by atoms with Gasteiger partial charge in [-0.2, -0.15) is 0 Å². The first kappa shape index (κ1) is 30.6. The van der Waals surface area contributed by atoms with Crippen molar-refractivity contribution >= 4 is 38.5 Å². The smallest absolute Gasteiger partial charge is 0.326 e. The van der Waals surface area contributed by atoms with Crippen LogP contribution in [0.5, 0.6) is 0 Å². The number of fused-ring (bicyclic) bond motifs is 1. The van der Waals surface area contributed by atoms with E-state index in [4.69, 9.17) is 0 Å². The largest absolute Gasteiger partial charge is 0.480 e. The second kappa shape index (κ2) is 12.0. The lowest BCUT2D eigenvalue weighted by Crippen LogP contribution is -2.43. The number of hydrogen-bond acceptors (Lipinski definition) is 4. The normalized spacial score (nSPS) is 12.5. The molecular formula is C35H35N3O5S. The number of sulfonamides is 1. The number of carbonyl (C=O) groups is 2. The second-order valence-corrected chi connectivity index (χ2v) is 13.5. The van der Waals surface area contributed by atoms with Crippen molar-refractivity contribution in [3.05, 3.63) is 120 Å². The van der Waals surface area contributed by atoms with Crippen LogP contribution in [0, 0.1) is 0 Å². The lowest BCUT2D eigenvalue weighted by molar-refractivity contribution is -0.139.